The Kier molecular flexibility index (Phi) is 5.91. The van der Waals surface area contributed by atoms with Gasteiger partial charge in [0.05, 0.1) is 6.61 Å². The van der Waals surface area contributed by atoms with E-state index in [1.54, 1.807) is 6.07 Å². The van der Waals surface area contributed by atoms with E-state index in [1.165, 1.54) is 12.1 Å². The maximum atomic E-state index is 11.4. The molecule has 0 saturated carbocycles. The molecular formula is C12H18ClNO3S. The van der Waals surface area contributed by atoms with Crippen molar-refractivity contribution in [3.05, 3.63) is 23.2 Å². The second-order valence-electron chi connectivity index (χ2n) is 4.05. The number of unbranched alkanes of at least 4 members (excludes halogenated alkanes) is 3. The van der Waals surface area contributed by atoms with Crippen molar-refractivity contribution in [3.63, 3.8) is 0 Å². The maximum Gasteiger partial charge on any atom is 0.241 e. The first-order valence-corrected chi connectivity index (χ1v) is 7.82. The summed E-state index contributed by atoms with van der Waals surface area (Å²) in [6, 6.07) is 4.41. The van der Waals surface area contributed by atoms with E-state index in [0.717, 1.165) is 25.7 Å². The van der Waals surface area contributed by atoms with Gasteiger partial charge in [0.15, 0.2) is 0 Å². The van der Waals surface area contributed by atoms with E-state index in [9.17, 15) is 8.42 Å². The number of nitrogens with two attached hydrogens (primary N) is 1. The molecule has 2 N–H and O–H groups in total. The van der Waals surface area contributed by atoms with Gasteiger partial charge >= 0.3 is 0 Å². The summed E-state index contributed by atoms with van der Waals surface area (Å²) >= 11 is 5.75. The summed E-state index contributed by atoms with van der Waals surface area (Å²) in [5.41, 5.74) is 0. The molecule has 6 heteroatoms. The fourth-order valence-electron chi connectivity index (χ4n) is 1.53. The summed E-state index contributed by atoms with van der Waals surface area (Å²) in [7, 11) is -3.81. The highest BCUT2D eigenvalue weighted by Crippen LogP contribution is 2.26. The third-order valence-corrected chi connectivity index (χ3v) is 3.63. The molecule has 0 spiro atoms. The van der Waals surface area contributed by atoms with Gasteiger partial charge in [-0.3, -0.25) is 0 Å². The zero-order valence-corrected chi connectivity index (χ0v) is 11.9. The summed E-state index contributed by atoms with van der Waals surface area (Å²) in [6.45, 7) is 2.60. The van der Waals surface area contributed by atoms with Crippen LogP contribution in [-0.2, 0) is 10.0 Å². The predicted molar refractivity (Wildman–Crippen MR) is 72.5 cm³/mol. The Balaban J connectivity index is 2.71. The first kappa shape index (κ1) is 15.3. The zero-order chi connectivity index (χ0) is 13.6. The van der Waals surface area contributed by atoms with E-state index in [2.05, 4.69) is 6.92 Å². The third kappa shape index (κ3) is 4.84. The van der Waals surface area contributed by atoms with Crippen molar-refractivity contribution in [3.8, 4) is 5.75 Å². The summed E-state index contributed by atoms with van der Waals surface area (Å²) < 4.78 is 28.2. The number of halogens is 1. The zero-order valence-electron chi connectivity index (χ0n) is 10.4. The van der Waals surface area contributed by atoms with Crippen molar-refractivity contribution in [2.24, 2.45) is 5.14 Å². The normalized spacial score (nSPS) is 11.5. The Morgan fingerprint density at radius 1 is 1.28 bits per heavy atom. The van der Waals surface area contributed by atoms with E-state index < -0.39 is 10.0 Å². The van der Waals surface area contributed by atoms with Gasteiger partial charge in [0.25, 0.3) is 0 Å². The van der Waals surface area contributed by atoms with Crippen LogP contribution in [0, 0.1) is 0 Å². The highest BCUT2D eigenvalue weighted by molar-refractivity contribution is 7.89. The van der Waals surface area contributed by atoms with E-state index in [0.29, 0.717) is 11.6 Å². The van der Waals surface area contributed by atoms with Crippen molar-refractivity contribution >= 4 is 21.6 Å². The minimum atomic E-state index is -3.81. The summed E-state index contributed by atoms with van der Waals surface area (Å²) in [6.07, 6.45) is 4.24. The number of rotatable bonds is 7. The highest BCUT2D eigenvalue weighted by atomic mass is 35.5. The fraction of sp³-hybridized carbons (Fsp3) is 0.500. The third-order valence-electron chi connectivity index (χ3n) is 2.47. The fourth-order valence-corrected chi connectivity index (χ4v) is 2.47. The van der Waals surface area contributed by atoms with E-state index in [4.69, 9.17) is 21.5 Å². The van der Waals surface area contributed by atoms with Gasteiger partial charge in [-0.25, -0.2) is 13.6 Å². The van der Waals surface area contributed by atoms with Gasteiger partial charge in [0.2, 0.25) is 10.0 Å². The van der Waals surface area contributed by atoms with Crippen molar-refractivity contribution in [2.75, 3.05) is 6.61 Å². The van der Waals surface area contributed by atoms with Crippen LogP contribution in [0.25, 0.3) is 0 Å². The first-order valence-electron chi connectivity index (χ1n) is 5.90. The lowest BCUT2D eigenvalue weighted by molar-refractivity contribution is 0.297. The van der Waals surface area contributed by atoms with Gasteiger partial charge < -0.3 is 4.74 Å². The largest absolute Gasteiger partial charge is 0.492 e. The number of hydrogen-bond donors (Lipinski definition) is 1. The van der Waals surface area contributed by atoms with E-state index in [1.807, 2.05) is 0 Å². The molecule has 102 valence electrons. The Hall–Kier alpha value is -0.780. The standard InChI is InChI=1S/C12H18ClNO3S/c1-2-3-4-5-8-17-11-7-6-10(13)9-12(11)18(14,15)16/h6-7,9H,2-5,8H2,1H3,(H2,14,15,16). The summed E-state index contributed by atoms with van der Waals surface area (Å²) in [4.78, 5) is -0.0644. The quantitative estimate of drug-likeness (QED) is 0.785. The Morgan fingerprint density at radius 2 is 2.00 bits per heavy atom. The highest BCUT2D eigenvalue weighted by Gasteiger charge is 2.15. The molecule has 0 unspecified atom stereocenters. The van der Waals surface area contributed by atoms with Crippen LogP contribution in [0.15, 0.2) is 23.1 Å². The average molecular weight is 292 g/mol. The first-order chi connectivity index (χ1) is 8.45. The van der Waals surface area contributed by atoms with Crippen molar-refractivity contribution in [1.82, 2.24) is 0 Å². The van der Waals surface area contributed by atoms with Crippen molar-refractivity contribution < 1.29 is 13.2 Å². The van der Waals surface area contributed by atoms with Gasteiger partial charge in [-0.1, -0.05) is 37.8 Å². The second-order valence-corrected chi connectivity index (χ2v) is 6.01. The van der Waals surface area contributed by atoms with Crippen LogP contribution in [0.3, 0.4) is 0 Å². The lowest BCUT2D eigenvalue weighted by atomic mass is 10.2. The van der Waals surface area contributed by atoms with Gasteiger partial charge in [-0.2, -0.15) is 0 Å². The van der Waals surface area contributed by atoms with Gasteiger partial charge in [-0.05, 0) is 24.6 Å². The van der Waals surface area contributed by atoms with Gasteiger partial charge in [0.1, 0.15) is 10.6 Å². The van der Waals surface area contributed by atoms with Crippen LogP contribution < -0.4 is 9.88 Å². The van der Waals surface area contributed by atoms with Crippen LogP contribution in [-0.4, -0.2) is 15.0 Å². The molecule has 0 saturated heterocycles. The molecule has 4 nitrogen and oxygen atoms in total. The molecule has 1 aromatic rings. The lowest BCUT2D eigenvalue weighted by Crippen LogP contribution is -2.14. The molecule has 0 heterocycles. The summed E-state index contributed by atoms with van der Waals surface area (Å²) in [5.74, 6) is 0.262. The number of hydrogen-bond acceptors (Lipinski definition) is 3. The van der Waals surface area contributed by atoms with Gasteiger partial charge in [0, 0.05) is 5.02 Å². The molecule has 0 radical (unpaired) electrons. The molecule has 0 aromatic heterocycles. The average Bonchev–Trinajstić information content (AvgIpc) is 2.29. The molecule has 0 atom stereocenters. The Bertz CT molecular complexity index is 488. The van der Waals surface area contributed by atoms with Gasteiger partial charge in [-0.15, -0.1) is 0 Å². The van der Waals surface area contributed by atoms with Crippen LogP contribution in [0.1, 0.15) is 32.6 Å². The maximum absolute atomic E-state index is 11.4. The number of primary sulfonamides is 1. The molecule has 0 amide bonds. The Labute approximate surface area is 113 Å². The summed E-state index contributed by atoms with van der Waals surface area (Å²) in [5, 5.41) is 5.43. The second kappa shape index (κ2) is 6.97. The van der Waals surface area contributed by atoms with Crippen molar-refractivity contribution in [1.29, 1.82) is 0 Å². The number of ether oxygens (including phenoxy) is 1. The molecule has 1 rings (SSSR count). The molecule has 18 heavy (non-hydrogen) atoms. The minimum absolute atomic E-state index is 0.0644. The van der Waals surface area contributed by atoms with Crippen LogP contribution >= 0.6 is 11.6 Å². The molecular weight excluding hydrogens is 274 g/mol. The van der Waals surface area contributed by atoms with E-state index >= 15 is 0 Å². The molecule has 0 bridgehead atoms. The minimum Gasteiger partial charge on any atom is -0.492 e. The molecule has 0 aliphatic carbocycles. The number of sulfonamides is 1. The molecule has 0 aliphatic rings. The van der Waals surface area contributed by atoms with Crippen LogP contribution in [0.2, 0.25) is 5.02 Å². The van der Waals surface area contributed by atoms with E-state index in [-0.39, 0.29) is 10.6 Å². The van der Waals surface area contributed by atoms with Crippen LogP contribution in [0.5, 0.6) is 5.75 Å². The van der Waals surface area contributed by atoms with Crippen molar-refractivity contribution in [2.45, 2.75) is 37.5 Å². The smallest absolute Gasteiger partial charge is 0.241 e. The Morgan fingerprint density at radius 3 is 2.61 bits per heavy atom. The molecule has 0 fully saturated rings. The predicted octanol–water partition coefficient (Wildman–Crippen LogP) is 2.95. The monoisotopic (exact) mass is 291 g/mol. The number of benzene rings is 1. The topological polar surface area (TPSA) is 69.4 Å². The van der Waals surface area contributed by atoms with Crippen LogP contribution in [0.4, 0.5) is 0 Å². The molecule has 0 aliphatic heterocycles. The SMILES string of the molecule is CCCCCCOc1ccc(Cl)cc1S(N)(=O)=O. The molecule has 1 aromatic carbocycles. The lowest BCUT2D eigenvalue weighted by Gasteiger charge is -2.10.